The second-order valence-electron chi connectivity index (χ2n) is 7.43. The molecule has 0 radical (unpaired) electrons. The molecule has 1 aromatic carbocycles. The van der Waals surface area contributed by atoms with Crippen LogP contribution < -0.4 is 10.1 Å². The lowest BCUT2D eigenvalue weighted by Crippen LogP contribution is -2.43. The van der Waals surface area contributed by atoms with Gasteiger partial charge in [-0.05, 0) is 57.4 Å². The quantitative estimate of drug-likeness (QED) is 0.736. The molecule has 2 rings (SSSR count). The summed E-state index contributed by atoms with van der Waals surface area (Å²) in [5.74, 6) is 0.802. The largest absolute Gasteiger partial charge is 0.497 e. The lowest BCUT2D eigenvalue weighted by Gasteiger charge is -2.38. The van der Waals surface area contributed by atoms with Crippen LogP contribution in [0.4, 0.5) is 13.2 Å². The molecule has 1 N–H and O–H groups in total. The number of ether oxygens (including phenoxy) is 2. The van der Waals surface area contributed by atoms with Gasteiger partial charge in [-0.2, -0.15) is 13.2 Å². The van der Waals surface area contributed by atoms with Crippen LogP contribution in [-0.4, -0.2) is 39.6 Å². The van der Waals surface area contributed by atoms with Crippen molar-refractivity contribution in [1.82, 2.24) is 5.32 Å². The monoisotopic (exact) mass is 359 g/mol. The maximum Gasteiger partial charge on any atom is 0.395 e. The van der Waals surface area contributed by atoms with Gasteiger partial charge < -0.3 is 14.8 Å². The SMILES string of the molecule is COc1ccc(C2(CCNCC(C)(C)C(F)(F)F)CCOCC2)cc1. The number of rotatable bonds is 7. The van der Waals surface area contributed by atoms with Crippen LogP contribution in [0.1, 0.15) is 38.7 Å². The van der Waals surface area contributed by atoms with Crippen LogP contribution in [0, 0.1) is 5.41 Å². The van der Waals surface area contributed by atoms with Crippen LogP contribution in [0.5, 0.6) is 5.75 Å². The number of hydrogen-bond acceptors (Lipinski definition) is 3. The van der Waals surface area contributed by atoms with Crippen molar-refractivity contribution in [2.45, 2.75) is 44.7 Å². The lowest BCUT2D eigenvalue weighted by molar-refractivity contribution is -0.209. The van der Waals surface area contributed by atoms with Gasteiger partial charge in [0, 0.05) is 25.2 Å². The topological polar surface area (TPSA) is 30.5 Å². The molecule has 1 aromatic rings. The molecule has 0 atom stereocenters. The molecular weight excluding hydrogens is 331 g/mol. The van der Waals surface area contributed by atoms with Gasteiger partial charge in [-0.3, -0.25) is 0 Å². The number of alkyl halides is 3. The van der Waals surface area contributed by atoms with E-state index in [4.69, 9.17) is 9.47 Å². The Kier molecular flexibility index (Phi) is 6.38. The van der Waals surface area contributed by atoms with E-state index in [1.807, 2.05) is 12.1 Å². The maximum absolute atomic E-state index is 13.0. The van der Waals surface area contributed by atoms with Gasteiger partial charge >= 0.3 is 6.18 Å². The van der Waals surface area contributed by atoms with E-state index >= 15 is 0 Å². The molecule has 1 aliphatic heterocycles. The van der Waals surface area contributed by atoms with Crippen molar-refractivity contribution in [3.8, 4) is 5.75 Å². The minimum Gasteiger partial charge on any atom is -0.497 e. The highest BCUT2D eigenvalue weighted by Crippen LogP contribution is 2.39. The van der Waals surface area contributed by atoms with Gasteiger partial charge in [0.15, 0.2) is 0 Å². The van der Waals surface area contributed by atoms with Crippen molar-refractivity contribution in [3.05, 3.63) is 29.8 Å². The standard InChI is InChI=1S/C19H28F3NO2/c1-17(2,19(20,21)22)14-23-11-8-18(9-12-25-13-10-18)15-4-6-16(24-3)7-5-15/h4-7,23H,8-14H2,1-3H3. The number of halogens is 3. The first kappa shape index (κ1) is 20.0. The zero-order chi connectivity index (χ0) is 18.6. The number of benzene rings is 1. The highest BCUT2D eigenvalue weighted by Gasteiger charge is 2.46. The van der Waals surface area contributed by atoms with E-state index in [1.165, 1.54) is 19.4 Å². The number of methoxy groups -OCH3 is 1. The first-order valence-corrected chi connectivity index (χ1v) is 8.70. The summed E-state index contributed by atoms with van der Waals surface area (Å²) in [5.41, 5.74) is -0.580. The Labute approximate surface area is 147 Å². The highest BCUT2D eigenvalue weighted by molar-refractivity contribution is 5.33. The Balaban J connectivity index is 2.00. The summed E-state index contributed by atoms with van der Waals surface area (Å²) in [6.45, 7) is 4.29. The Bertz CT molecular complexity index is 535. The highest BCUT2D eigenvalue weighted by atomic mass is 19.4. The molecule has 1 saturated heterocycles. The molecule has 0 amide bonds. The molecule has 0 spiro atoms. The smallest absolute Gasteiger partial charge is 0.395 e. The minimum atomic E-state index is -4.20. The van der Waals surface area contributed by atoms with E-state index in [9.17, 15) is 13.2 Å². The Morgan fingerprint density at radius 3 is 2.24 bits per heavy atom. The second kappa shape index (κ2) is 7.96. The fourth-order valence-corrected chi connectivity index (χ4v) is 3.22. The third kappa shape index (κ3) is 4.88. The zero-order valence-electron chi connectivity index (χ0n) is 15.2. The fraction of sp³-hybridized carbons (Fsp3) is 0.684. The molecule has 6 heteroatoms. The molecule has 0 aromatic heterocycles. The van der Waals surface area contributed by atoms with E-state index in [0.717, 1.165) is 25.0 Å². The summed E-state index contributed by atoms with van der Waals surface area (Å²) in [6.07, 6.45) is -1.66. The van der Waals surface area contributed by atoms with Crippen molar-refractivity contribution >= 4 is 0 Å². The average molecular weight is 359 g/mol. The van der Waals surface area contributed by atoms with Crippen LogP contribution in [0.3, 0.4) is 0 Å². The summed E-state index contributed by atoms with van der Waals surface area (Å²) < 4.78 is 49.6. The van der Waals surface area contributed by atoms with E-state index in [1.54, 1.807) is 7.11 Å². The summed E-state index contributed by atoms with van der Waals surface area (Å²) in [5, 5.41) is 3.01. The Hall–Kier alpha value is -1.27. The Morgan fingerprint density at radius 2 is 1.72 bits per heavy atom. The van der Waals surface area contributed by atoms with E-state index in [0.29, 0.717) is 19.8 Å². The van der Waals surface area contributed by atoms with Gasteiger partial charge in [-0.15, -0.1) is 0 Å². The van der Waals surface area contributed by atoms with Crippen LogP contribution >= 0.6 is 0 Å². The minimum absolute atomic E-state index is 0.0557. The van der Waals surface area contributed by atoms with Crippen molar-refractivity contribution in [2.24, 2.45) is 5.41 Å². The van der Waals surface area contributed by atoms with Gasteiger partial charge in [0.1, 0.15) is 5.75 Å². The van der Waals surface area contributed by atoms with Crippen molar-refractivity contribution in [3.63, 3.8) is 0 Å². The summed E-state index contributed by atoms with van der Waals surface area (Å²) in [7, 11) is 1.63. The van der Waals surface area contributed by atoms with E-state index in [-0.39, 0.29) is 12.0 Å². The third-order valence-electron chi connectivity index (χ3n) is 5.27. The van der Waals surface area contributed by atoms with Gasteiger partial charge in [0.25, 0.3) is 0 Å². The summed E-state index contributed by atoms with van der Waals surface area (Å²) in [6, 6.07) is 7.99. The maximum atomic E-state index is 13.0. The molecule has 0 unspecified atom stereocenters. The van der Waals surface area contributed by atoms with Crippen molar-refractivity contribution in [2.75, 3.05) is 33.4 Å². The lowest BCUT2D eigenvalue weighted by atomic mass is 9.71. The Morgan fingerprint density at radius 1 is 1.12 bits per heavy atom. The number of nitrogens with one attached hydrogen (secondary N) is 1. The normalized spacial score (nSPS) is 18.2. The first-order chi connectivity index (χ1) is 11.7. The van der Waals surface area contributed by atoms with Crippen LogP contribution in [-0.2, 0) is 10.2 Å². The van der Waals surface area contributed by atoms with Gasteiger partial charge in [-0.1, -0.05) is 12.1 Å². The molecule has 0 aliphatic carbocycles. The average Bonchev–Trinajstić information content (AvgIpc) is 2.59. The van der Waals surface area contributed by atoms with Gasteiger partial charge in [0.2, 0.25) is 0 Å². The zero-order valence-corrected chi connectivity index (χ0v) is 15.2. The molecule has 1 heterocycles. The second-order valence-corrected chi connectivity index (χ2v) is 7.43. The van der Waals surface area contributed by atoms with E-state index in [2.05, 4.69) is 17.4 Å². The van der Waals surface area contributed by atoms with Crippen LogP contribution in [0.2, 0.25) is 0 Å². The van der Waals surface area contributed by atoms with Gasteiger partial charge in [0.05, 0.1) is 12.5 Å². The molecule has 25 heavy (non-hydrogen) atoms. The van der Waals surface area contributed by atoms with Crippen LogP contribution in [0.25, 0.3) is 0 Å². The summed E-state index contributed by atoms with van der Waals surface area (Å²) in [4.78, 5) is 0. The fourth-order valence-electron chi connectivity index (χ4n) is 3.22. The van der Waals surface area contributed by atoms with Crippen molar-refractivity contribution < 1.29 is 22.6 Å². The molecule has 0 bridgehead atoms. The van der Waals surface area contributed by atoms with Gasteiger partial charge in [-0.25, -0.2) is 0 Å². The number of hydrogen-bond donors (Lipinski definition) is 1. The molecule has 1 fully saturated rings. The molecule has 142 valence electrons. The molecule has 3 nitrogen and oxygen atoms in total. The van der Waals surface area contributed by atoms with E-state index < -0.39 is 11.6 Å². The first-order valence-electron chi connectivity index (χ1n) is 8.70. The predicted molar refractivity (Wildman–Crippen MR) is 92.0 cm³/mol. The van der Waals surface area contributed by atoms with Crippen molar-refractivity contribution in [1.29, 1.82) is 0 Å². The predicted octanol–water partition coefficient (Wildman–Crippen LogP) is 4.31. The molecule has 1 aliphatic rings. The van der Waals surface area contributed by atoms with Crippen LogP contribution in [0.15, 0.2) is 24.3 Å². The molecular formula is C19H28F3NO2. The summed E-state index contributed by atoms with van der Waals surface area (Å²) >= 11 is 0. The third-order valence-corrected chi connectivity index (χ3v) is 5.27. The molecule has 0 saturated carbocycles.